The van der Waals surface area contributed by atoms with Gasteiger partial charge in [-0.25, -0.2) is 4.90 Å². The van der Waals surface area contributed by atoms with Crippen LogP contribution in [0.3, 0.4) is 0 Å². The maximum Gasteiger partial charge on any atom is 0.265 e. The molecule has 8 nitrogen and oxygen atoms in total. The largest absolute Gasteiger partial charge is 0.356 e. The van der Waals surface area contributed by atoms with Crippen LogP contribution in [0.4, 0.5) is 5.69 Å². The Morgan fingerprint density at radius 3 is 1.37 bits per heavy atom. The van der Waals surface area contributed by atoms with Gasteiger partial charge in [-0.15, -0.1) is 0 Å². The quantitative estimate of drug-likeness (QED) is 0.0982. The summed E-state index contributed by atoms with van der Waals surface area (Å²) in [7, 11) is 0. The summed E-state index contributed by atoms with van der Waals surface area (Å²) in [5.74, 6) is -1.53. The van der Waals surface area contributed by atoms with Gasteiger partial charge in [-0.1, -0.05) is 42.0 Å². The number of ether oxygens (including phenoxy) is 1. The number of anilines is 1. The Balaban J connectivity index is 1.35. The maximum atomic E-state index is 14.1. The summed E-state index contributed by atoms with van der Waals surface area (Å²) in [5.41, 5.74) is 8.36. The zero-order valence-electron chi connectivity index (χ0n) is 26.1. The average molecular weight is 610 g/mol. The second-order valence-corrected chi connectivity index (χ2v) is 13.0. The van der Waals surface area contributed by atoms with Gasteiger partial charge in [-0.3, -0.25) is 24.1 Å². The molecule has 0 saturated carbocycles. The zero-order chi connectivity index (χ0) is 32.4. The van der Waals surface area contributed by atoms with Gasteiger partial charge >= 0.3 is 0 Å². The number of amides is 4. The van der Waals surface area contributed by atoms with Crippen molar-refractivity contribution < 1.29 is 23.9 Å². The highest BCUT2D eigenvalue weighted by molar-refractivity contribution is 6.43. The number of aryl methyl sites for hydroxylation is 1. The first kappa shape index (κ1) is 28.3. The molecule has 2 atom stereocenters. The summed E-state index contributed by atoms with van der Waals surface area (Å²) in [5, 5.41) is 6.23. The normalized spacial score (nSPS) is 16.5. The number of benzene rings is 6. The Morgan fingerprint density at radius 2 is 0.978 bits per heavy atom. The third kappa shape index (κ3) is 3.62. The lowest BCUT2D eigenvalue weighted by atomic mass is 9.81. The molecule has 2 unspecified atom stereocenters. The predicted octanol–water partition coefficient (Wildman–Crippen LogP) is 6.93. The minimum atomic E-state index is -0.889. The molecule has 0 bridgehead atoms. The SMILES string of the molecule is Cc1ccc(N2C(=O)c3ccc4c5ccc6c7c(ccc(c8ccc(c3c48)C2=O)c75)C(=O)N(C(C)C(C)(C)OC(C)N)C6=O)cc1. The van der Waals surface area contributed by atoms with E-state index in [1.807, 2.05) is 57.2 Å². The lowest BCUT2D eigenvalue weighted by Crippen LogP contribution is -2.56. The fourth-order valence-corrected chi connectivity index (χ4v) is 7.46. The van der Waals surface area contributed by atoms with Crippen molar-refractivity contribution in [2.45, 2.75) is 52.5 Å². The monoisotopic (exact) mass is 609 g/mol. The molecule has 2 N–H and O–H groups in total. The molecule has 0 aromatic heterocycles. The van der Waals surface area contributed by atoms with Crippen molar-refractivity contribution in [3.8, 4) is 0 Å². The Bertz CT molecular complexity index is 2240. The molecule has 0 spiro atoms. The van der Waals surface area contributed by atoms with Gasteiger partial charge in [0.15, 0.2) is 0 Å². The van der Waals surface area contributed by atoms with Gasteiger partial charge in [-0.05, 0) is 103 Å². The van der Waals surface area contributed by atoms with E-state index in [2.05, 4.69) is 0 Å². The molecule has 228 valence electrons. The van der Waals surface area contributed by atoms with E-state index in [0.717, 1.165) is 37.9 Å². The summed E-state index contributed by atoms with van der Waals surface area (Å²) in [6.07, 6.45) is -0.577. The van der Waals surface area contributed by atoms with Crippen LogP contribution in [0.15, 0.2) is 72.8 Å². The van der Waals surface area contributed by atoms with Gasteiger partial charge in [0.25, 0.3) is 23.6 Å². The van der Waals surface area contributed by atoms with E-state index < -0.39 is 29.7 Å². The average Bonchev–Trinajstić information content (AvgIpc) is 3.02. The van der Waals surface area contributed by atoms with Crippen LogP contribution in [0, 0.1) is 6.92 Å². The second-order valence-electron chi connectivity index (χ2n) is 13.0. The smallest absolute Gasteiger partial charge is 0.265 e. The lowest BCUT2D eigenvalue weighted by molar-refractivity contribution is -0.0943. The molecule has 0 radical (unpaired) electrons. The minimum Gasteiger partial charge on any atom is -0.356 e. The van der Waals surface area contributed by atoms with Gasteiger partial charge in [0.2, 0.25) is 0 Å². The molecule has 46 heavy (non-hydrogen) atoms. The van der Waals surface area contributed by atoms with Crippen LogP contribution < -0.4 is 10.6 Å². The Kier molecular flexibility index (Phi) is 5.80. The summed E-state index contributed by atoms with van der Waals surface area (Å²) in [6.45, 7) is 9.11. The van der Waals surface area contributed by atoms with E-state index >= 15 is 0 Å². The molecule has 2 aliphatic heterocycles. The standard InChI is InChI=1S/C38H31N3O5/c1-18-6-8-21(9-7-18)41-36(44)28-16-12-24-22-10-14-26-32-27(35(43)40(34(26)42)19(2)38(4,5)46-20(3)39)15-11-23(30(22)32)25-13-17-29(37(41)45)33(28)31(24)25/h6-17,19-20H,39H2,1-5H3. The molecule has 0 saturated heterocycles. The van der Waals surface area contributed by atoms with Crippen LogP contribution in [0.1, 0.15) is 74.7 Å². The van der Waals surface area contributed by atoms with Crippen molar-refractivity contribution in [2.24, 2.45) is 5.73 Å². The number of carbonyl (C=O) groups is 4. The predicted molar refractivity (Wildman–Crippen MR) is 179 cm³/mol. The number of rotatable bonds is 5. The highest BCUT2D eigenvalue weighted by atomic mass is 16.5. The fourth-order valence-electron chi connectivity index (χ4n) is 7.46. The van der Waals surface area contributed by atoms with Gasteiger partial charge in [0.05, 0.1) is 17.3 Å². The number of carbonyl (C=O) groups excluding carboxylic acids is 4. The molecule has 4 amide bonds. The topological polar surface area (TPSA) is 110 Å². The first-order valence-electron chi connectivity index (χ1n) is 15.4. The fraction of sp³-hybridized carbons (Fsp3) is 0.211. The van der Waals surface area contributed by atoms with Crippen molar-refractivity contribution in [1.29, 1.82) is 0 Å². The van der Waals surface area contributed by atoms with Crippen LogP contribution in [0.5, 0.6) is 0 Å². The molecular formula is C38H31N3O5. The molecule has 0 fully saturated rings. The van der Waals surface area contributed by atoms with Crippen molar-refractivity contribution in [1.82, 2.24) is 4.90 Å². The number of hydrogen-bond donors (Lipinski definition) is 1. The molecule has 6 aromatic carbocycles. The molecule has 8 rings (SSSR count). The van der Waals surface area contributed by atoms with Crippen molar-refractivity contribution in [3.63, 3.8) is 0 Å². The third-order valence-electron chi connectivity index (χ3n) is 9.84. The number of nitrogens with two attached hydrogens (primary N) is 1. The Labute approximate surface area is 264 Å². The lowest BCUT2D eigenvalue weighted by Gasteiger charge is -2.41. The maximum absolute atomic E-state index is 14.1. The molecule has 6 aromatic rings. The van der Waals surface area contributed by atoms with Gasteiger partial charge in [-0.2, -0.15) is 0 Å². The number of fused-ring (bicyclic) bond motifs is 2. The van der Waals surface area contributed by atoms with Crippen molar-refractivity contribution >= 4 is 72.4 Å². The molecule has 2 aliphatic rings. The first-order valence-corrected chi connectivity index (χ1v) is 15.4. The minimum absolute atomic E-state index is 0.373. The summed E-state index contributed by atoms with van der Waals surface area (Å²) >= 11 is 0. The number of hydrogen-bond acceptors (Lipinski definition) is 6. The van der Waals surface area contributed by atoms with Crippen molar-refractivity contribution in [2.75, 3.05) is 4.90 Å². The van der Waals surface area contributed by atoms with Crippen LogP contribution in [0.25, 0.3) is 43.1 Å². The number of nitrogens with zero attached hydrogens (tertiary/aromatic N) is 2. The van der Waals surface area contributed by atoms with E-state index in [9.17, 15) is 19.2 Å². The van der Waals surface area contributed by atoms with Gasteiger partial charge < -0.3 is 10.5 Å². The van der Waals surface area contributed by atoms with Crippen LogP contribution in [0.2, 0.25) is 0 Å². The van der Waals surface area contributed by atoms with Crippen LogP contribution >= 0.6 is 0 Å². The molecule has 2 heterocycles. The van der Waals surface area contributed by atoms with Crippen LogP contribution in [-0.2, 0) is 4.74 Å². The van der Waals surface area contributed by atoms with Gasteiger partial charge in [0.1, 0.15) is 6.23 Å². The Morgan fingerprint density at radius 1 is 0.587 bits per heavy atom. The Hall–Kier alpha value is -5.18. The zero-order valence-corrected chi connectivity index (χ0v) is 26.1. The molecule has 0 aliphatic carbocycles. The third-order valence-corrected chi connectivity index (χ3v) is 9.84. The molecule has 8 heteroatoms. The first-order chi connectivity index (χ1) is 21.9. The highest BCUT2D eigenvalue weighted by Gasteiger charge is 2.43. The van der Waals surface area contributed by atoms with Gasteiger partial charge in [0, 0.05) is 33.0 Å². The summed E-state index contributed by atoms with van der Waals surface area (Å²) in [4.78, 5) is 58.4. The second kappa shape index (κ2) is 9.42. The molecular weight excluding hydrogens is 578 g/mol. The van der Waals surface area contributed by atoms with Crippen molar-refractivity contribution in [3.05, 3.63) is 101 Å². The summed E-state index contributed by atoms with van der Waals surface area (Å²) < 4.78 is 5.91. The van der Waals surface area contributed by atoms with Crippen LogP contribution in [-0.4, -0.2) is 46.4 Å². The highest BCUT2D eigenvalue weighted by Crippen LogP contribution is 2.47. The van der Waals surface area contributed by atoms with E-state index in [1.165, 1.54) is 9.80 Å². The number of imide groups is 2. The van der Waals surface area contributed by atoms with E-state index in [-0.39, 0.29) is 11.8 Å². The van der Waals surface area contributed by atoms with E-state index in [4.69, 9.17) is 10.5 Å². The summed E-state index contributed by atoms with van der Waals surface area (Å²) in [6, 6.07) is 21.5. The van der Waals surface area contributed by atoms with E-state index in [0.29, 0.717) is 38.7 Å². The van der Waals surface area contributed by atoms with E-state index in [1.54, 1.807) is 50.2 Å².